The molecule has 0 amide bonds. The lowest BCUT2D eigenvalue weighted by Gasteiger charge is -2.02. The quantitative estimate of drug-likeness (QED) is 0.496. The van der Waals surface area contributed by atoms with Gasteiger partial charge in [-0.15, -0.1) is 0 Å². The van der Waals surface area contributed by atoms with E-state index in [0.29, 0.717) is 16.7 Å². The lowest BCUT2D eigenvalue weighted by atomic mass is 10.1. The normalized spacial score (nSPS) is 11.3. The van der Waals surface area contributed by atoms with Gasteiger partial charge in [-0.05, 0) is 29.8 Å². The first-order valence-corrected chi connectivity index (χ1v) is 7.22. The van der Waals surface area contributed by atoms with Gasteiger partial charge in [-0.3, -0.25) is 4.79 Å². The average Bonchev–Trinajstić information content (AvgIpc) is 3.07. The van der Waals surface area contributed by atoms with Crippen molar-refractivity contribution in [2.45, 2.75) is 6.42 Å². The van der Waals surface area contributed by atoms with E-state index < -0.39 is 5.69 Å². The van der Waals surface area contributed by atoms with E-state index in [4.69, 9.17) is 5.73 Å². The fourth-order valence-electron chi connectivity index (χ4n) is 2.90. The van der Waals surface area contributed by atoms with Crippen LogP contribution in [-0.2, 0) is 6.42 Å². The van der Waals surface area contributed by atoms with Gasteiger partial charge in [0.15, 0.2) is 0 Å². The smallest absolute Gasteiger partial charge is 0.333 e. The molecule has 4 rings (SSSR count). The molecule has 0 saturated heterocycles. The predicted molar refractivity (Wildman–Crippen MR) is 89.6 cm³/mol. The molecule has 0 fully saturated rings. The molecular formula is C17H14N4O2. The number of carbonyl (C=O) groups is 1. The number of hydrogen-bond acceptors (Lipinski definition) is 3. The molecule has 0 spiro atoms. The van der Waals surface area contributed by atoms with Crippen molar-refractivity contribution >= 4 is 33.5 Å². The van der Waals surface area contributed by atoms with Crippen LogP contribution in [0.4, 0.5) is 5.69 Å². The molecule has 2 aromatic carbocycles. The molecule has 0 radical (unpaired) electrons. The van der Waals surface area contributed by atoms with Crippen LogP contribution in [0.15, 0.2) is 53.5 Å². The minimum absolute atomic E-state index is 0.140. The Hall–Kier alpha value is -3.28. The molecule has 0 unspecified atom stereocenters. The lowest BCUT2D eigenvalue weighted by Crippen LogP contribution is -2.25. The van der Waals surface area contributed by atoms with Gasteiger partial charge in [0.2, 0.25) is 5.91 Å². The van der Waals surface area contributed by atoms with Crippen LogP contribution in [0.1, 0.15) is 10.4 Å². The van der Waals surface area contributed by atoms with Crippen LogP contribution in [0.5, 0.6) is 0 Å². The van der Waals surface area contributed by atoms with Gasteiger partial charge in [0.1, 0.15) is 0 Å². The average molecular weight is 306 g/mol. The first-order chi connectivity index (χ1) is 11.1. The Balaban J connectivity index is 1.78. The number of nitrogens with zero attached hydrogens (tertiary/aromatic N) is 1. The summed E-state index contributed by atoms with van der Waals surface area (Å²) in [5.74, 6) is -0.282. The summed E-state index contributed by atoms with van der Waals surface area (Å²) in [6.07, 6.45) is 1.95. The number of nitrogens with one attached hydrogen (secondary N) is 2. The number of rotatable bonds is 2. The monoisotopic (exact) mass is 306 g/mol. The van der Waals surface area contributed by atoms with Crippen molar-refractivity contribution < 1.29 is 4.79 Å². The summed E-state index contributed by atoms with van der Waals surface area (Å²) in [7, 11) is 0. The van der Waals surface area contributed by atoms with E-state index in [1.54, 1.807) is 24.4 Å². The second-order valence-corrected chi connectivity index (χ2v) is 5.47. The number of nitrogens with two attached hydrogens (primary N) is 1. The Morgan fingerprint density at radius 1 is 1.13 bits per heavy atom. The summed E-state index contributed by atoms with van der Waals surface area (Å²) >= 11 is 0. The number of hydrogen-bond donors (Lipinski definition) is 3. The zero-order chi connectivity index (χ0) is 16.0. The molecule has 0 saturated carbocycles. The van der Waals surface area contributed by atoms with Crippen LogP contribution in [-0.4, -0.2) is 20.4 Å². The van der Waals surface area contributed by atoms with Crippen LogP contribution >= 0.6 is 0 Å². The van der Waals surface area contributed by atoms with Crippen LogP contribution in [0, 0.1) is 0 Å². The minimum Gasteiger partial charge on any atom is -0.399 e. The van der Waals surface area contributed by atoms with Crippen LogP contribution in [0.2, 0.25) is 0 Å². The molecular weight excluding hydrogens is 292 g/mol. The van der Waals surface area contributed by atoms with Crippen molar-refractivity contribution in [3.05, 3.63) is 64.7 Å². The van der Waals surface area contributed by atoms with E-state index >= 15 is 0 Å². The maximum atomic E-state index is 12.6. The fraction of sp³-hybridized carbons (Fsp3) is 0.0588. The zero-order valence-corrected chi connectivity index (χ0v) is 12.2. The number of nitrogen functional groups attached to an aromatic ring is 1. The summed E-state index contributed by atoms with van der Waals surface area (Å²) in [6, 6.07) is 12.7. The highest BCUT2D eigenvalue weighted by molar-refractivity contribution is 5.95. The van der Waals surface area contributed by atoms with Crippen molar-refractivity contribution in [3.63, 3.8) is 0 Å². The van der Waals surface area contributed by atoms with Crippen LogP contribution in [0.3, 0.4) is 0 Å². The van der Waals surface area contributed by atoms with Gasteiger partial charge in [-0.2, -0.15) is 0 Å². The van der Waals surface area contributed by atoms with E-state index in [0.717, 1.165) is 21.0 Å². The lowest BCUT2D eigenvalue weighted by molar-refractivity contribution is 0.0915. The first kappa shape index (κ1) is 13.4. The maximum Gasteiger partial charge on any atom is 0.333 e. The van der Waals surface area contributed by atoms with E-state index in [1.165, 1.54) is 0 Å². The second kappa shape index (κ2) is 4.88. The first-order valence-electron chi connectivity index (χ1n) is 7.22. The summed E-state index contributed by atoms with van der Waals surface area (Å²) < 4.78 is 1.16. The minimum atomic E-state index is -0.449. The molecule has 0 aliphatic heterocycles. The Morgan fingerprint density at radius 3 is 2.83 bits per heavy atom. The van der Waals surface area contributed by atoms with Gasteiger partial charge in [0.25, 0.3) is 0 Å². The SMILES string of the molecule is Nc1ccc2c(c1)[nH]c(=O)n2C(=O)Cc1c[nH]c2ccccc12. The number of benzene rings is 2. The van der Waals surface area contributed by atoms with Gasteiger partial charge in [0, 0.05) is 22.8 Å². The zero-order valence-electron chi connectivity index (χ0n) is 12.2. The molecule has 6 heteroatoms. The molecule has 0 aliphatic carbocycles. The number of H-pyrrole nitrogens is 2. The third-order valence-corrected chi connectivity index (χ3v) is 3.97. The number of fused-ring (bicyclic) bond motifs is 2. The number of carbonyl (C=O) groups excluding carboxylic acids is 1. The summed E-state index contributed by atoms with van der Waals surface area (Å²) in [5.41, 5.74) is 8.72. The second-order valence-electron chi connectivity index (χ2n) is 5.47. The Labute approximate surface area is 130 Å². The number of aromatic amines is 2. The van der Waals surface area contributed by atoms with Crippen molar-refractivity contribution in [2.24, 2.45) is 0 Å². The van der Waals surface area contributed by atoms with Crippen molar-refractivity contribution in [1.82, 2.24) is 14.5 Å². The van der Waals surface area contributed by atoms with Crippen molar-refractivity contribution in [1.29, 1.82) is 0 Å². The molecule has 0 aliphatic rings. The summed E-state index contributed by atoms with van der Waals surface area (Å²) in [4.78, 5) is 30.6. The Bertz CT molecular complexity index is 1100. The molecule has 2 heterocycles. The summed E-state index contributed by atoms with van der Waals surface area (Å²) in [5, 5.41) is 0.984. The number of imidazole rings is 1. The highest BCUT2D eigenvalue weighted by Gasteiger charge is 2.16. The molecule has 0 atom stereocenters. The molecule has 23 heavy (non-hydrogen) atoms. The van der Waals surface area contributed by atoms with Crippen molar-refractivity contribution in [2.75, 3.05) is 5.73 Å². The van der Waals surface area contributed by atoms with Crippen LogP contribution < -0.4 is 11.4 Å². The molecule has 4 aromatic rings. The van der Waals surface area contributed by atoms with Gasteiger partial charge in [0.05, 0.1) is 17.5 Å². The van der Waals surface area contributed by atoms with Crippen LogP contribution in [0.25, 0.3) is 21.9 Å². The number of para-hydroxylation sites is 1. The Kier molecular flexibility index (Phi) is 2.84. The molecule has 4 N–H and O–H groups in total. The van der Waals surface area contributed by atoms with Crippen molar-refractivity contribution in [3.8, 4) is 0 Å². The van der Waals surface area contributed by atoms with Gasteiger partial charge < -0.3 is 15.7 Å². The number of aromatic nitrogens is 3. The topological polar surface area (TPSA) is 96.7 Å². The molecule has 2 aromatic heterocycles. The van der Waals surface area contributed by atoms with E-state index in [1.807, 2.05) is 24.3 Å². The third-order valence-electron chi connectivity index (χ3n) is 3.97. The van der Waals surface area contributed by atoms with Gasteiger partial charge in [-0.25, -0.2) is 9.36 Å². The predicted octanol–water partition coefficient (Wildman–Crippen LogP) is 2.28. The van der Waals surface area contributed by atoms with Gasteiger partial charge >= 0.3 is 5.69 Å². The Morgan fingerprint density at radius 2 is 1.96 bits per heavy atom. The largest absolute Gasteiger partial charge is 0.399 e. The fourth-order valence-corrected chi connectivity index (χ4v) is 2.90. The van der Waals surface area contributed by atoms with E-state index in [9.17, 15) is 9.59 Å². The highest BCUT2D eigenvalue weighted by Crippen LogP contribution is 2.19. The molecule has 0 bridgehead atoms. The van der Waals surface area contributed by atoms with E-state index in [2.05, 4.69) is 9.97 Å². The standard InChI is InChI=1S/C17H14N4O2/c18-11-5-6-15-14(8-11)20-17(23)21(15)16(22)7-10-9-19-13-4-2-1-3-12(10)13/h1-6,8-9,19H,7,18H2,(H,20,23). The number of anilines is 1. The molecule has 6 nitrogen and oxygen atoms in total. The third kappa shape index (κ3) is 2.12. The molecule has 114 valence electrons. The summed E-state index contributed by atoms with van der Waals surface area (Å²) in [6.45, 7) is 0. The van der Waals surface area contributed by atoms with Gasteiger partial charge in [-0.1, -0.05) is 18.2 Å². The highest BCUT2D eigenvalue weighted by atomic mass is 16.2. The maximum absolute atomic E-state index is 12.6. The van der Waals surface area contributed by atoms with E-state index in [-0.39, 0.29) is 12.3 Å².